The Hall–Kier alpha value is -2.96. The number of rotatable bonds is 3. The van der Waals surface area contributed by atoms with Gasteiger partial charge in [0.15, 0.2) is 5.82 Å². The van der Waals surface area contributed by atoms with E-state index in [1.807, 2.05) is 36.1 Å². The number of amides is 2. The summed E-state index contributed by atoms with van der Waals surface area (Å²) in [5, 5.41) is 2.90. The van der Waals surface area contributed by atoms with E-state index in [4.69, 9.17) is 0 Å². The van der Waals surface area contributed by atoms with Crippen LogP contribution in [0.4, 0.5) is 11.5 Å². The molecular formula is C22H27N5O2. The van der Waals surface area contributed by atoms with Crippen molar-refractivity contribution in [3.05, 3.63) is 47.9 Å². The van der Waals surface area contributed by atoms with E-state index in [0.717, 1.165) is 49.6 Å². The van der Waals surface area contributed by atoms with Crippen LogP contribution >= 0.6 is 0 Å². The average Bonchev–Trinajstić information content (AvgIpc) is 3.02. The van der Waals surface area contributed by atoms with E-state index >= 15 is 0 Å². The van der Waals surface area contributed by atoms with Crippen LogP contribution in [-0.4, -0.2) is 52.4 Å². The van der Waals surface area contributed by atoms with E-state index in [-0.39, 0.29) is 17.9 Å². The van der Waals surface area contributed by atoms with Crippen LogP contribution < -0.4 is 10.2 Å². The van der Waals surface area contributed by atoms with Crippen molar-refractivity contribution in [2.75, 3.05) is 29.9 Å². The molecule has 7 nitrogen and oxygen atoms in total. The van der Waals surface area contributed by atoms with Crippen LogP contribution in [0.1, 0.15) is 42.4 Å². The fraction of sp³-hybridized carbons (Fsp3) is 0.455. The van der Waals surface area contributed by atoms with E-state index in [1.54, 1.807) is 12.3 Å². The van der Waals surface area contributed by atoms with Crippen molar-refractivity contribution < 1.29 is 9.59 Å². The number of hydrogen-bond donors (Lipinski definition) is 1. The highest BCUT2D eigenvalue weighted by molar-refractivity contribution is 5.93. The van der Waals surface area contributed by atoms with E-state index in [2.05, 4.69) is 20.2 Å². The first-order chi connectivity index (χ1) is 14.0. The van der Waals surface area contributed by atoms with Gasteiger partial charge in [0.1, 0.15) is 5.69 Å². The van der Waals surface area contributed by atoms with E-state index in [0.29, 0.717) is 18.2 Å². The van der Waals surface area contributed by atoms with Crippen LogP contribution in [0.25, 0.3) is 0 Å². The standard InChI is InChI=1S/C22H27N5O2/c1-15-7-5-9-19(24-15)22(29)26-13-17-8-3-4-12-27(20(17)14-26)21-18(25-16(2)28)10-6-11-23-21/h5-7,9-11,17,20H,3-4,8,12-14H2,1-2H3,(H,25,28)/t17-,20+/m1/s1. The molecule has 0 spiro atoms. The Morgan fingerprint density at radius 2 is 2.00 bits per heavy atom. The number of anilines is 2. The number of nitrogens with one attached hydrogen (secondary N) is 1. The number of nitrogens with zero attached hydrogens (tertiary/aromatic N) is 4. The molecule has 2 aromatic heterocycles. The second kappa shape index (κ2) is 8.19. The van der Waals surface area contributed by atoms with Gasteiger partial charge >= 0.3 is 0 Å². The minimum Gasteiger partial charge on any atom is -0.350 e. The fourth-order valence-electron chi connectivity index (χ4n) is 4.51. The molecule has 2 aliphatic rings. The number of carbonyl (C=O) groups excluding carboxylic acids is 2. The smallest absolute Gasteiger partial charge is 0.272 e. The molecule has 1 N–H and O–H groups in total. The number of aromatic nitrogens is 2. The number of hydrogen-bond acceptors (Lipinski definition) is 5. The summed E-state index contributed by atoms with van der Waals surface area (Å²) in [6.07, 6.45) is 5.06. The molecule has 2 fully saturated rings. The molecule has 2 aliphatic heterocycles. The van der Waals surface area contributed by atoms with Crippen molar-refractivity contribution in [2.45, 2.75) is 39.2 Å². The van der Waals surface area contributed by atoms with Crippen LogP contribution in [0.5, 0.6) is 0 Å². The molecule has 0 bridgehead atoms. The van der Waals surface area contributed by atoms with E-state index in [9.17, 15) is 9.59 Å². The first-order valence-corrected chi connectivity index (χ1v) is 10.2. The SMILES string of the molecule is CC(=O)Nc1cccnc1N1CCCC[C@@H]2CN(C(=O)c3cccc(C)n3)C[C@@H]21. The summed E-state index contributed by atoms with van der Waals surface area (Å²) in [6, 6.07) is 9.47. The third-order valence-corrected chi connectivity index (χ3v) is 5.79. The monoisotopic (exact) mass is 393 g/mol. The molecular weight excluding hydrogens is 366 g/mol. The zero-order chi connectivity index (χ0) is 20.4. The predicted molar refractivity (Wildman–Crippen MR) is 112 cm³/mol. The Balaban J connectivity index is 1.60. The molecule has 0 radical (unpaired) electrons. The third kappa shape index (κ3) is 4.09. The van der Waals surface area contributed by atoms with Crippen LogP contribution in [0, 0.1) is 12.8 Å². The molecule has 2 amide bonds. The number of fused-ring (bicyclic) bond motifs is 1. The highest BCUT2D eigenvalue weighted by Gasteiger charge is 2.41. The van der Waals surface area contributed by atoms with Gasteiger partial charge in [-0.3, -0.25) is 9.59 Å². The third-order valence-electron chi connectivity index (χ3n) is 5.79. The van der Waals surface area contributed by atoms with Crippen LogP contribution in [0.3, 0.4) is 0 Å². The predicted octanol–water partition coefficient (Wildman–Crippen LogP) is 2.87. The van der Waals surface area contributed by atoms with Gasteiger partial charge in [-0.25, -0.2) is 9.97 Å². The second-order valence-electron chi connectivity index (χ2n) is 7.95. The maximum Gasteiger partial charge on any atom is 0.272 e. The van der Waals surface area contributed by atoms with Crippen LogP contribution in [-0.2, 0) is 4.79 Å². The Labute approximate surface area is 171 Å². The summed E-state index contributed by atoms with van der Waals surface area (Å²) >= 11 is 0. The van der Waals surface area contributed by atoms with Crippen molar-refractivity contribution in [1.29, 1.82) is 0 Å². The lowest BCUT2D eigenvalue weighted by molar-refractivity contribution is -0.114. The largest absolute Gasteiger partial charge is 0.350 e. The van der Waals surface area contributed by atoms with Crippen molar-refractivity contribution in [1.82, 2.24) is 14.9 Å². The van der Waals surface area contributed by atoms with Crippen LogP contribution in [0.2, 0.25) is 0 Å². The van der Waals surface area contributed by atoms with E-state index in [1.165, 1.54) is 6.92 Å². The lowest BCUT2D eigenvalue weighted by Gasteiger charge is -2.32. The Kier molecular flexibility index (Phi) is 5.47. The van der Waals surface area contributed by atoms with Crippen LogP contribution in [0.15, 0.2) is 36.5 Å². The van der Waals surface area contributed by atoms with Gasteiger partial charge in [0.05, 0.1) is 11.7 Å². The lowest BCUT2D eigenvalue weighted by atomic mass is 9.98. The summed E-state index contributed by atoms with van der Waals surface area (Å²) in [7, 11) is 0. The number of pyridine rings is 2. The molecule has 2 atom stereocenters. The number of carbonyl (C=O) groups is 2. The molecule has 2 aromatic rings. The summed E-state index contributed by atoms with van der Waals surface area (Å²) < 4.78 is 0. The minimum absolute atomic E-state index is 0.00942. The fourth-order valence-corrected chi connectivity index (χ4v) is 4.51. The maximum absolute atomic E-state index is 13.1. The second-order valence-corrected chi connectivity index (χ2v) is 7.95. The van der Waals surface area contributed by atoms with Crippen molar-refractivity contribution >= 4 is 23.3 Å². The highest BCUT2D eigenvalue weighted by Crippen LogP contribution is 2.35. The molecule has 0 aromatic carbocycles. The van der Waals surface area contributed by atoms with Crippen molar-refractivity contribution in [3.63, 3.8) is 0 Å². The van der Waals surface area contributed by atoms with E-state index < -0.39 is 0 Å². The van der Waals surface area contributed by atoms with Crippen molar-refractivity contribution in [3.8, 4) is 0 Å². The summed E-state index contributed by atoms with van der Waals surface area (Å²) in [5.74, 6) is 1.06. The Morgan fingerprint density at radius 1 is 1.14 bits per heavy atom. The van der Waals surface area contributed by atoms with Gasteiger partial charge in [-0.15, -0.1) is 0 Å². The first-order valence-electron chi connectivity index (χ1n) is 10.2. The normalized spacial score (nSPS) is 21.4. The van der Waals surface area contributed by atoms with Gasteiger partial charge in [-0.1, -0.05) is 12.5 Å². The summed E-state index contributed by atoms with van der Waals surface area (Å²) in [5.41, 5.74) is 2.08. The molecule has 0 unspecified atom stereocenters. The highest BCUT2D eigenvalue weighted by atomic mass is 16.2. The van der Waals surface area contributed by atoms with Gasteiger partial charge in [0, 0.05) is 38.4 Å². The summed E-state index contributed by atoms with van der Waals surface area (Å²) in [6.45, 7) is 5.66. The van der Waals surface area contributed by atoms with Gasteiger partial charge in [0.25, 0.3) is 5.91 Å². The van der Waals surface area contributed by atoms with Gasteiger partial charge in [-0.2, -0.15) is 0 Å². The van der Waals surface area contributed by atoms with Gasteiger partial charge < -0.3 is 15.1 Å². The molecule has 152 valence electrons. The Morgan fingerprint density at radius 3 is 2.79 bits per heavy atom. The number of likely N-dealkylation sites (tertiary alicyclic amines) is 1. The van der Waals surface area contributed by atoms with Gasteiger partial charge in [-0.05, 0) is 49.9 Å². The zero-order valence-electron chi connectivity index (χ0n) is 17.0. The molecule has 0 saturated carbocycles. The van der Waals surface area contributed by atoms with Crippen molar-refractivity contribution in [2.24, 2.45) is 5.92 Å². The first kappa shape index (κ1) is 19.4. The Bertz CT molecular complexity index is 916. The average molecular weight is 393 g/mol. The molecule has 2 saturated heterocycles. The molecule has 29 heavy (non-hydrogen) atoms. The maximum atomic E-state index is 13.1. The quantitative estimate of drug-likeness (QED) is 0.868. The minimum atomic E-state index is -0.112. The topological polar surface area (TPSA) is 78.4 Å². The molecule has 7 heteroatoms. The van der Waals surface area contributed by atoms with Gasteiger partial charge in [0.2, 0.25) is 5.91 Å². The lowest BCUT2D eigenvalue weighted by Crippen LogP contribution is -2.42. The zero-order valence-corrected chi connectivity index (χ0v) is 17.0. The number of aryl methyl sites for hydroxylation is 1. The summed E-state index contributed by atoms with van der Waals surface area (Å²) in [4.78, 5) is 37.9. The molecule has 4 heterocycles. The molecule has 0 aliphatic carbocycles. The molecule has 4 rings (SSSR count).